The fourth-order valence-corrected chi connectivity index (χ4v) is 2.76. The molecule has 2 nitrogen and oxygen atoms in total. The molecule has 0 amide bonds. The van der Waals surface area contributed by atoms with E-state index in [0.29, 0.717) is 11.6 Å². The summed E-state index contributed by atoms with van der Waals surface area (Å²) >= 11 is 0. The van der Waals surface area contributed by atoms with Crippen LogP contribution < -0.4 is 5.32 Å². The van der Waals surface area contributed by atoms with Gasteiger partial charge in [0.2, 0.25) is 0 Å². The van der Waals surface area contributed by atoms with Crippen LogP contribution in [-0.4, -0.2) is 17.8 Å². The molecule has 0 bridgehead atoms. The van der Waals surface area contributed by atoms with E-state index < -0.39 is 17.7 Å². The Bertz CT molecular complexity index is 383. The summed E-state index contributed by atoms with van der Waals surface area (Å²) in [5.41, 5.74) is 0.476. The van der Waals surface area contributed by atoms with Gasteiger partial charge >= 0.3 is 0 Å². The maximum atomic E-state index is 13.2. The number of hydrogen-bond acceptors (Lipinski definition) is 2. The predicted molar refractivity (Wildman–Crippen MR) is 70.8 cm³/mol. The van der Waals surface area contributed by atoms with Gasteiger partial charge in [-0.2, -0.15) is 0 Å². The Kier molecular flexibility index (Phi) is 5.28. The van der Waals surface area contributed by atoms with E-state index in [0.717, 1.165) is 18.9 Å². The Labute approximate surface area is 112 Å². The summed E-state index contributed by atoms with van der Waals surface area (Å²) in [6, 6.07) is 3.35. The molecule has 1 saturated carbocycles. The van der Waals surface area contributed by atoms with E-state index in [1.807, 2.05) is 0 Å². The van der Waals surface area contributed by atoms with Gasteiger partial charge in [-0.05, 0) is 30.5 Å². The molecule has 0 radical (unpaired) electrons. The monoisotopic (exact) mass is 269 g/mol. The van der Waals surface area contributed by atoms with Gasteiger partial charge in [0.25, 0.3) is 0 Å². The number of benzene rings is 1. The van der Waals surface area contributed by atoms with Gasteiger partial charge in [0.1, 0.15) is 11.6 Å². The molecule has 1 unspecified atom stereocenters. The zero-order valence-corrected chi connectivity index (χ0v) is 11.0. The van der Waals surface area contributed by atoms with Crippen LogP contribution in [0.5, 0.6) is 0 Å². The third kappa shape index (κ3) is 4.25. The molecule has 0 heterocycles. The van der Waals surface area contributed by atoms with Crippen molar-refractivity contribution in [3.05, 3.63) is 35.4 Å². The normalized spacial score (nSPS) is 19.1. The van der Waals surface area contributed by atoms with Gasteiger partial charge in [0.05, 0.1) is 12.6 Å². The van der Waals surface area contributed by atoms with Crippen molar-refractivity contribution in [3.8, 4) is 0 Å². The summed E-state index contributed by atoms with van der Waals surface area (Å²) in [5, 5.41) is 12.8. The molecule has 0 aromatic heterocycles. The zero-order valence-electron chi connectivity index (χ0n) is 11.0. The lowest BCUT2D eigenvalue weighted by Crippen LogP contribution is -2.34. The second kappa shape index (κ2) is 6.96. The minimum absolute atomic E-state index is 0.153. The van der Waals surface area contributed by atoms with Crippen LogP contribution in [0, 0.1) is 11.6 Å². The van der Waals surface area contributed by atoms with Crippen molar-refractivity contribution in [1.82, 2.24) is 5.32 Å². The Morgan fingerprint density at radius 2 is 1.63 bits per heavy atom. The van der Waals surface area contributed by atoms with Gasteiger partial charge in [0.15, 0.2) is 0 Å². The average molecular weight is 269 g/mol. The van der Waals surface area contributed by atoms with Crippen LogP contribution in [0.1, 0.15) is 50.1 Å². The first-order chi connectivity index (χ1) is 9.19. The third-order valence-electron chi connectivity index (χ3n) is 3.76. The predicted octanol–water partition coefficient (Wildman–Crippen LogP) is 3.31. The highest BCUT2D eigenvalue weighted by Crippen LogP contribution is 2.22. The molecule has 1 fully saturated rings. The minimum Gasteiger partial charge on any atom is -0.394 e. The fourth-order valence-electron chi connectivity index (χ4n) is 2.76. The molecule has 2 rings (SSSR count). The molecule has 0 spiro atoms. The summed E-state index contributed by atoms with van der Waals surface area (Å²) in [6.45, 7) is -0.153. The van der Waals surface area contributed by atoms with Gasteiger partial charge in [-0.25, -0.2) is 8.78 Å². The minimum atomic E-state index is -0.601. The number of nitrogens with one attached hydrogen (secondary N) is 1. The first kappa shape index (κ1) is 14.4. The van der Waals surface area contributed by atoms with Gasteiger partial charge in [-0.1, -0.05) is 25.7 Å². The van der Waals surface area contributed by atoms with Gasteiger partial charge in [0, 0.05) is 12.1 Å². The van der Waals surface area contributed by atoms with Crippen molar-refractivity contribution in [1.29, 1.82) is 0 Å². The van der Waals surface area contributed by atoms with Crippen LogP contribution >= 0.6 is 0 Å². The van der Waals surface area contributed by atoms with E-state index in [-0.39, 0.29) is 6.61 Å². The molecule has 1 aromatic carbocycles. The standard InChI is InChI=1S/C15H21F2NO/c16-12-7-11(8-13(17)9-12)15(10-19)18-14-5-3-1-2-4-6-14/h7-9,14-15,18-19H,1-6,10H2. The van der Waals surface area contributed by atoms with Crippen molar-refractivity contribution >= 4 is 0 Å². The van der Waals surface area contributed by atoms with Crippen molar-refractivity contribution in [2.75, 3.05) is 6.61 Å². The zero-order chi connectivity index (χ0) is 13.7. The van der Waals surface area contributed by atoms with Crippen LogP contribution in [0.2, 0.25) is 0 Å². The molecular weight excluding hydrogens is 248 g/mol. The van der Waals surface area contributed by atoms with Crippen LogP contribution in [-0.2, 0) is 0 Å². The Morgan fingerprint density at radius 3 is 2.16 bits per heavy atom. The smallest absolute Gasteiger partial charge is 0.126 e. The molecule has 2 N–H and O–H groups in total. The first-order valence-electron chi connectivity index (χ1n) is 7.02. The Morgan fingerprint density at radius 1 is 1.05 bits per heavy atom. The molecule has 1 aromatic rings. The lowest BCUT2D eigenvalue weighted by atomic mass is 10.0. The second-order valence-corrected chi connectivity index (χ2v) is 5.29. The van der Waals surface area contributed by atoms with Crippen LogP contribution in [0.4, 0.5) is 8.78 Å². The van der Waals surface area contributed by atoms with Crippen molar-refractivity contribution in [2.45, 2.75) is 50.6 Å². The lowest BCUT2D eigenvalue weighted by molar-refractivity contribution is 0.227. The maximum Gasteiger partial charge on any atom is 0.126 e. The van der Waals surface area contributed by atoms with E-state index in [9.17, 15) is 13.9 Å². The quantitative estimate of drug-likeness (QED) is 0.822. The largest absolute Gasteiger partial charge is 0.394 e. The molecular formula is C15H21F2NO. The summed E-state index contributed by atoms with van der Waals surface area (Å²) in [4.78, 5) is 0. The van der Waals surface area contributed by atoms with Gasteiger partial charge in [-0.3, -0.25) is 0 Å². The molecule has 0 aliphatic heterocycles. The van der Waals surface area contributed by atoms with E-state index in [1.54, 1.807) is 0 Å². The van der Waals surface area contributed by atoms with E-state index in [2.05, 4.69) is 5.32 Å². The first-order valence-corrected chi connectivity index (χ1v) is 7.02. The second-order valence-electron chi connectivity index (χ2n) is 5.29. The molecule has 0 saturated heterocycles. The highest BCUT2D eigenvalue weighted by atomic mass is 19.1. The summed E-state index contributed by atoms with van der Waals surface area (Å²) in [7, 11) is 0. The lowest BCUT2D eigenvalue weighted by Gasteiger charge is -2.24. The van der Waals surface area contributed by atoms with Gasteiger partial charge in [-0.15, -0.1) is 0 Å². The summed E-state index contributed by atoms with van der Waals surface area (Å²) in [5.74, 6) is -1.20. The Hall–Kier alpha value is -1.00. The third-order valence-corrected chi connectivity index (χ3v) is 3.76. The number of aliphatic hydroxyl groups excluding tert-OH is 1. The van der Waals surface area contributed by atoms with Crippen LogP contribution in [0.25, 0.3) is 0 Å². The maximum absolute atomic E-state index is 13.2. The molecule has 106 valence electrons. The van der Waals surface area contributed by atoms with Crippen molar-refractivity contribution in [3.63, 3.8) is 0 Å². The van der Waals surface area contributed by atoms with Crippen LogP contribution in [0.15, 0.2) is 18.2 Å². The van der Waals surface area contributed by atoms with Crippen molar-refractivity contribution < 1.29 is 13.9 Å². The average Bonchev–Trinajstić information content (AvgIpc) is 2.63. The number of aliphatic hydroxyl groups is 1. The SMILES string of the molecule is OCC(NC1CCCCCC1)c1cc(F)cc(F)c1. The van der Waals surface area contributed by atoms with Crippen LogP contribution in [0.3, 0.4) is 0 Å². The number of halogens is 2. The summed E-state index contributed by atoms with van der Waals surface area (Å²) < 4.78 is 26.4. The van der Waals surface area contributed by atoms with Gasteiger partial charge < -0.3 is 10.4 Å². The molecule has 1 atom stereocenters. The number of rotatable bonds is 4. The molecule has 4 heteroatoms. The highest BCUT2D eigenvalue weighted by molar-refractivity contribution is 5.21. The van der Waals surface area contributed by atoms with E-state index in [4.69, 9.17) is 0 Å². The molecule has 1 aliphatic carbocycles. The molecule has 19 heavy (non-hydrogen) atoms. The topological polar surface area (TPSA) is 32.3 Å². The Balaban J connectivity index is 2.05. The molecule has 1 aliphatic rings. The van der Waals surface area contributed by atoms with Crippen molar-refractivity contribution in [2.24, 2.45) is 0 Å². The highest BCUT2D eigenvalue weighted by Gasteiger charge is 2.18. The van der Waals surface area contributed by atoms with E-state index in [1.165, 1.54) is 37.8 Å². The van der Waals surface area contributed by atoms with E-state index >= 15 is 0 Å². The number of hydrogen-bond donors (Lipinski definition) is 2. The summed E-state index contributed by atoms with van der Waals surface area (Å²) in [6.07, 6.45) is 6.97. The fraction of sp³-hybridized carbons (Fsp3) is 0.600.